The smallest absolute Gasteiger partial charge is 0.141 e. The van der Waals surface area contributed by atoms with Crippen molar-refractivity contribution in [1.29, 1.82) is 0 Å². The highest BCUT2D eigenvalue weighted by atomic mass is 15.2. The number of aromatic nitrogens is 3. The van der Waals surface area contributed by atoms with Crippen LogP contribution in [-0.4, -0.2) is 14.5 Å². The number of hydrogen-bond acceptors (Lipinski definition) is 3. The molecule has 4 nitrogen and oxygen atoms in total. The van der Waals surface area contributed by atoms with Crippen LogP contribution in [-0.2, 0) is 10.8 Å². The molecule has 0 N–H and O–H groups in total. The lowest BCUT2D eigenvalue weighted by atomic mass is 9.69. The third kappa shape index (κ3) is 2.55. The second-order valence-electron chi connectivity index (χ2n) is 11.6. The maximum absolute atomic E-state index is 5.23. The number of anilines is 3. The van der Waals surface area contributed by atoms with E-state index in [2.05, 4.69) is 122 Å². The summed E-state index contributed by atoms with van der Waals surface area (Å²) in [7, 11) is 0. The topological polar surface area (TPSA) is 34.0 Å². The van der Waals surface area contributed by atoms with Crippen LogP contribution in [0.5, 0.6) is 0 Å². The molecular formula is C34H28N4. The van der Waals surface area contributed by atoms with Crippen LogP contribution in [0.15, 0.2) is 97.3 Å². The van der Waals surface area contributed by atoms with E-state index in [-0.39, 0.29) is 10.8 Å². The molecule has 3 aromatic heterocycles. The molecule has 6 aromatic rings. The van der Waals surface area contributed by atoms with Crippen molar-refractivity contribution >= 4 is 39.0 Å². The van der Waals surface area contributed by atoms with Crippen LogP contribution in [0.4, 0.5) is 17.2 Å². The molecule has 0 fully saturated rings. The average Bonchev–Trinajstić information content (AvgIpc) is 3.27. The van der Waals surface area contributed by atoms with Crippen molar-refractivity contribution in [2.24, 2.45) is 0 Å². The maximum Gasteiger partial charge on any atom is 0.141 e. The number of fused-ring (bicyclic) bond motifs is 7. The molecule has 0 saturated carbocycles. The molecule has 0 atom stereocenters. The van der Waals surface area contributed by atoms with E-state index in [4.69, 9.17) is 9.97 Å². The molecule has 38 heavy (non-hydrogen) atoms. The van der Waals surface area contributed by atoms with Gasteiger partial charge in [-0.3, -0.25) is 9.88 Å². The minimum atomic E-state index is -0.318. The molecule has 184 valence electrons. The Hall–Kier alpha value is -4.44. The minimum Gasteiger partial charge on any atom is -0.308 e. The van der Waals surface area contributed by atoms with E-state index >= 15 is 0 Å². The second kappa shape index (κ2) is 7.11. The van der Waals surface area contributed by atoms with E-state index in [1.807, 2.05) is 12.4 Å². The van der Waals surface area contributed by atoms with Gasteiger partial charge in [0.05, 0.1) is 40.0 Å². The SMILES string of the molecule is CC1(C)c2ccccc2N2c3ncc(-n4c5ccccc5c5ccccc54)cc3C(C)(C)c3nccc1c32. The Balaban J connectivity index is 1.44. The summed E-state index contributed by atoms with van der Waals surface area (Å²) in [5.74, 6) is 0.990. The third-order valence-corrected chi connectivity index (χ3v) is 8.81. The molecule has 8 rings (SSSR count). The molecule has 0 unspecified atom stereocenters. The van der Waals surface area contributed by atoms with Gasteiger partial charge in [-0.05, 0) is 55.3 Å². The number of benzene rings is 3. The second-order valence-corrected chi connectivity index (χ2v) is 11.6. The number of hydrogen-bond donors (Lipinski definition) is 0. The zero-order chi connectivity index (χ0) is 25.8. The van der Waals surface area contributed by atoms with Crippen LogP contribution in [0.25, 0.3) is 27.5 Å². The summed E-state index contributed by atoms with van der Waals surface area (Å²) in [5, 5.41) is 2.51. The Morgan fingerprint density at radius 2 is 1.29 bits per heavy atom. The van der Waals surface area contributed by atoms with Gasteiger partial charge in [0.15, 0.2) is 0 Å². The Labute approximate surface area is 222 Å². The number of pyridine rings is 2. The van der Waals surface area contributed by atoms with Crippen molar-refractivity contribution in [3.8, 4) is 5.69 Å². The molecule has 2 aliphatic heterocycles. The number of nitrogens with zero attached hydrogens (tertiary/aromatic N) is 4. The zero-order valence-corrected chi connectivity index (χ0v) is 22.0. The van der Waals surface area contributed by atoms with Crippen LogP contribution >= 0.6 is 0 Å². The predicted octanol–water partition coefficient (Wildman–Crippen LogP) is 8.32. The highest BCUT2D eigenvalue weighted by molar-refractivity contribution is 6.09. The van der Waals surface area contributed by atoms with Crippen molar-refractivity contribution in [1.82, 2.24) is 14.5 Å². The van der Waals surface area contributed by atoms with Crippen molar-refractivity contribution in [3.05, 3.63) is 120 Å². The standard InChI is InChI=1S/C34H28N4/c1-33(2)24-13-7-10-16-29(24)38-30-25(33)17-18-35-31(30)34(3,4)26-19-21(20-36-32(26)38)37-27-14-8-5-11-22(27)23-12-6-9-15-28(23)37/h5-20H,1-4H3. The first-order valence-electron chi connectivity index (χ1n) is 13.3. The van der Waals surface area contributed by atoms with Crippen molar-refractivity contribution in [3.63, 3.8) is 0 Å². The molecule has 0 amide bonds. The van der Waals surface area contributed by atoms with E-state index < -0.39 is 0 Å². The van der Waals surface area contributed by atoms with Crippen LogP contribution in [0, 0.1) is 0 Å². The molecule has 3 aromatic carbocycles. The number of rotatable bonds is 1. The normalized spacial score (nSPS) is 16.3. The fourth-order valence-corrected chi connectivity index (χ4v) is 6.86. The molecule has 0 spiro atoms. The van der Waals surface area contributed by atoms with E-state index in [1.165, 1.54) is 49.9 Å². The summed E-state index contributed by atoms with van der Waals surface area (Å²) in [5.41, 5.74) is 10.3. The summed E-state index contributed by atoms with van der Waals surface area (Å²) < 4.78 is 2.35. The van der Waals surface area contributed by atoms with Crippen molar-refractivity contribution in [2.45, 2.75) is 38.5 Å². The lowest BCUT2D eigenvalue weighted by molar-refractivity contribution is 0.577. The van der Waals surface area contributed by atoms with Crippen LogP contribution in [0.2, 0.25) is 0 Å². The van der Waals surface area contributed by atoms with Gasteiger partial charge in [-0.15, -0.1) is 0 Å². The monoisotopic (exact) mass is 492 g/mol. The molecule has 2 aliphatic rings. The van der Waals surface area contributed by atoms with Gasteiger partial charge in [0.2, 0.25) is 0 Å². The summed E-state index contributed by atoms with van der Waals surface area (Å²) in [4.78, 5) is 12.6. The van der Waals surface area contributed by atoms with Gasteiger partial charge in [-0.2, -0.15) is 0 Å². The van der Waals surface area contributed by atoms with Crippen molar-refractivity contribution in [2.75, 3.05) is 4.90 Å². The lowest BCUT2D eigenvalue weighted by Gasteiger charge is -2.47. The third-order valence-electron chi connectivity index (χ3n) is 8.81. The largest absolute Gasteiger partial charge is 0.308 e. The summed E-state index contributed by atoms with van der Waals surface area (Å²) >= 11 is 0. The van der Waals surface area contributed by atoms with Gasteiger partial charge >= 0.3 is 0 Å². The summed E-state index contributed by atoms with van der Waals surface area (Å²) in [6.07, 6.45) is 4.02. The lowest BCUT2D eigenvalue weighted by Crippen LogP contribution is -2.39. The summed E-state index contributed by atoms with van der Waals surface area (Å²) in [6, 6.07) is 30.5. The van der Waals surface area contributed by atoms with Gasteiger partial charge in [0, 0.05) is 33.4 Å². The highest BCUT2D eigenvalue weighted by Crippen LogP contribution is 2.58. The first-order valence-corrected chi connectivity index (χ1v) is 13.3. The van der Waals surface area contributed by atoms with E-state index in [0.29, 0.717) is 0 Å². The first-order chi connectivity index (χ1) is 18.4. The van der Waals surface area contributed by atoms with Gasteiger partial charge in [0.25, 0.3) is 0 Å². The molecular weight excluding hydrogens is 464 g/mol. The van der Waals surface area contributed by atoms with E-state index in [9.17, 15) is 0 Å². The minimum absolute atomic E-state index is 0.128. The first kappa shape index (κ1) is 21.6. The molecule has 0 saturated heterocycles. The van der Waals surface area contributed by atoms with Gasteiger partial charge in [0.1, 0.15) is 5.82 Å². The van der Waals surface area contributed by atoms with Crippen LogP contribution in [0.1, 0.15) is 50.1 Å². The summed E-state index contributed by atoms with van der Waals surface area (Å²) in [6.45, 7) is 9.22. The Morgan fingerprint density at radius 1 is 0.632 bits per heavy atom. The van der Waals surface area contributed by atoms with Gasteiger partial charge in [-0.1, -0.05) is 68.4 Å². The molecule has 0 radical (unpaired) electrons. The molecule has 0 bridgehead atoms. The van der Waals surface area contributed by atoms with Gasteiger partial charge in [-0.25, -0.2) is 4.98 Å². The quantitative estimate of drug-likeness (QED) is 0.231. The predicted molar refractivity (Wildman–Crippen MR) is 155 cm³/mol. The Morgan fingerprint density at radius 3 is 2.03 bits per heavy atom. The Bertz CT molecular complexity index is 1890. The van der Waals surface area contributed by atoms with Gasteiger partial charge < -0.3 is 4.57 Å². The highest BCUT2D eigenvalue weighted by Gasteiger charge is 2.46. The average molecular weight is 493 g/mol. The Kier molecular flexibility index (Phi) is 4.04. The zero-order valence-electron chi connectivity index (χ0n) is 22.0. The van der Waals surface area contributed by atoms with Crippen LogP contribution < -0.4 is 4.90 Å². The fourth-order valence-electron chi connectivity index (χ4n) is 6.86. The molecule has 4 heteroatoms. The van der Waals surface area contributed by atoms with E-state index in [0.717, 1.165) is 17.2 Å². The fraction of sp³-hybridized carbons (Fsp3) is 0.176. The number of para-hydroxylation sites is 3. The maximum atomic E-state index is 5.23. The van der Waals surface area contributed by atoms with Crippen molar-refractivity contribution < 1.29 is 0 Å². The molecule has 5 heterocycles. The molecule has 0 aliphatic carbocycles. The van der Waals surface area contributed by atoms with Crippen LogP contribution in [0.3, 0.4) is 0 Å². The van der Waals surface area contributed by atoms with E-state index in [1.54, 1.807) is 0 Å².